The fraction of sp³-hybridized carbons (Fsp3) is 0.900. The molecule has 0 aliphatic heterocycles. The van der Waals surface area contributed by atoms with E-state index >= 15 is 0 Å². The summed E-state index contributed by atoms with van der Waals surface area (Å²) in [6.45, 7) is 11.2. The summed E-state index contributed by atoms with van der Waals surface area (Å²) in [6.07, 6.45) is 0.750. The monoisotopic (exact) mass is 192 g/mol. The summed E-state index contributed by atoms with van der Waals surface area (Å²) in [7, 11) is 1.00. The highest BCUT2D eigenvalue weighted by Gasteiger charge is 1.94. The van der Waals surface area contributed by atoms with E-state index in [-0.39, 0.29) is 5.78 Å². The van der Waals surface area contributed by atoms with Gasteiger partial charge in [-0.15, -0.1) is 0 Å². The van der Waals surface area contributed by atoms with Crippen molar-refractivity contribution in [3.05, 3.63) is 0 Å². The molecule has 1 N–H and O–H groups in total. The zero-order valence-electron chi connectivity index (χ0n) is 9.92. The van der Waals surface area contributed by atoms with E-state index in [4.69, 9.17) is 9.84 Å². The molecule has 0 atom stereocenters. The highest BCUT2D eigenvalue weighted by atomic mass is 16.5. The van der Waals surface area contributed by atoms with Crippen molar-refractivity contribution >= 4 is 5.78 Å². The highest BCUT2D eigenvalue weighted by Crippen LogP contribution is 1.93. The molecule has 0 unspecified atom stereocenters. The van der Waals surface area contributed by atoms with Gasteiger partial charge in [0.25, 0.3) is 0 Å². The molecule has 0 aliphatic rings. The minimum atomic E-state index is 0.167. The van der Waals surface area contributed by atoms with Gasteiger partial charge in [-0.3, -0.25) is 0 Å². The first-order valence-electron chi connectivity index (χ1n) is 4.43. The SMILES string of the molecule is CC(C)=O.CC(C)OC(C)C.CO. The number of aliphatic hydroxyl groups excluding tert-OH is 1. The lowest BCUT2D eigenvalue weighted by Gasteiger charge is -2.09. The van der Waals surface area contributed by atoms with Crippen molar-refractivity contribution in [2.24, 2.45) is 0 Å². The Hall–Kier alpha value is -0.410. The highest BCUT2D eigenvalue weighted by molar-refractivity contribution is 5.72. The van der Waals surface area contributed by atoms with Gasteiger partial charge in [0, 0.05) is 7.11 Å². The van der Waals surface area contributed by atoms with Crippen LogP contribution in [0.15, 0.2) is 0 Å². The first kappa shape index (κ1) is 18.4. The van der Waals surface area contributed by atoms with Crippen molar-refractivity contribution in [3.8, 4) is 0 Å². The van der Waals surface area contributed by atoms with Crippen molar-refractivity contribution in [1.82, 2.24) is 0 Å². The molecule has 0 heterocycles. The van der Waals surface area contributed by atoms with Crippen molar-refractivity contribution in [1.29, 1.82) is 0 Å². The molecule has 3 heteroatoms. The number of Topliss-reactive ketones (excluding diaryl/α,β-unsaturated/α-hetero) is 1. The molecule has 0 aliphatic carbocycles. The number of hydrogen-bond acceptors (Lipinski definition) is 3. The smallest absolute Gasteiger partial charge is 0.126 e. The summed E-state index contributed by atoms with van der Waals surface area (Å²) in [5.41, 5.74) is 0. The molecule has 0 rings (SSSR count). The molecule has 0 radical (unpaired) electrons. The fourth-order valence-corrected chi connectivity index (χ4v) is 0.544. The summed E-state index contributed by atoms with van der Waals surface area (Å²) in [6, 6.07) is 0. The maximum atomic E-state index is 9.44. The molecule has 0 aromatic rings. The number of aliphatic hydroxyl groups is 1. The molecular weight excluding hydrogens is 168 g/mol. The summed E-state index contributed by atoms with van der Waals surface area (Å²) < 4.78 is 5.25. The zero-order valence-corrected chi connectivity index (χ0v) is 9.92. The Balaban J connectivity index is -0.000000142. The molecule has 0 aromatic heterocycles. The molecule has 0 spiro atoms. The average molecular weight is 192 g/mol. The van der Waals surface area contributed by atoms with E-state index in [1.165, 1.54) is 13.8 Å². The van der Waals surface area contributed by atoms with E-state index in [1.54, 1.807) is 0 Å². The van der Waals surface area contributed by atoms with E-state index in [0.29, 0.717) is 12.2 Å². The van der Waals surface area contributed by atoms with Gasteiger partial charge in [0.1, 0.15) is 5.78 Å². The number of ether oxygens (including phenoxy) is 1. The van der Waals surface area contributed by atoms with Gasteiger partial charge in [0.05, 0.1) is 12.2 Å². The molecule has 0 amide bonds. The van der Waals surface area contributed by atoms with Crippen LogP contribution >= 0.6 is 0 Å². The molecule has 82 valence electrons. The van der Waals surface area contributed by atoms with Gasteiger partial charge in [-0.25, -0.2) is 0 Å². The predicted octanol–water partition coefficient (Wildman–Crippen LogP) is 2.02. The van der Waals surface area contributed by atoms with E-state index < -0.39 is 0 Å². The number of ketones is 1. The van der Waals surface area contributed by atoms with Crippen LogP contribution in [0.25, 0.3) is 0 Å². The lowest BCUT2D eigenvalue weighted by molar-refractivity contribution is -0.114. The lowest BCUT2D eigenvalue weighted by atomic mass is 10.4. The number of rotatable bonds is 2. The second-order valence-electron chi connectivity index (χ2n) is 3.14. The van der Waals surface area contributed by atoms with Crippen LogP contribution < -0.4 is 0 Å². The van der Waals surface area contributed by atoms with Crippen LogP contribution in [-0.4, -0.2) is 30.2 Å². The van der Waals surface area contributed by atoms with Crippen LogP contribution in [0.1, 0.15) is 41.5 Å². The molecule has 0 saturated heterocycles. The summed E-state index contributed by atoms with van der Waals surface area (Å²) >= 11 is 0. The Kier molecular flexibility index (Phi) is 20.0. The van der Waals surface area contributed by atoms with E-state index in [9.17, 15) is 4.79 Å². The van der Waals surface area contributed by atoms with Crippen molar-refractivity contribution in [2.75, 3.05) is 7.11 Å². The van der Waals surface area contributed by atoms with E-state index in [1.807, 2.05) is 27.7 Å². The zero-order chi connectivity index (χ0) is 11.4. The second kappa shape index (κ2) is 14.1. The molecule has 13 heavy (non-hydrogen) atoms. The number of carbonyl (C=O) groups is 1. The Morgan fingerprint density at radius 3 is 1.15 bits per heavy atom. The van der Waals surface area contributed by atoms with Crippen LogP contribution in [0.2, 0.25) is 0 Å². The Bertz CT molecular complexity index is 88.3. The predicted molar refractivity (Wildman–Crippen MR) is 55.9 cm³/mol. The van der Waals surface area contributed by atoms with Gasteiger partial charge in [-0.05, 0) is 41.5 Å². The van der Waals surface area contributed by atoms with Gasteiger partial charge < -0.3 is 14.6 Å². The van der Waals surface area contributed by atoms with E-state index in [2.05, 4.69) is 0 Å². The summed E-state index contributed by atoms with van der Waals surface area (Å²) in [5.74, 6) is 0.167. The van der Waals surface area contributed by atoms with Crippen molar-refractivity contribution < 1.29 is 14.6 Å². The molecule has 0 saturated carbocycles. The van der Waals surface area contributed by atoms with Gasteiger partial charge in [-0.1, -0.05) is 0 Å². The molecule has 3 nitrogen and oxygen atoms in total. The number of hydrogen-bond donors (Lipinski definition) is 1. The Morgan fingerprint density at radius 2 is 1.15 bits per heavy atom. The Labute approximate surface area is 82.1 Å². The third-order valence-corrected chi connectivity index (χ3v) is 0.544. The van der Waals surface area contributed by atoms with Crippen LogP contribution in [0.5, 0.6) is 0 Å². The van der Waals surface area contributed by atoms with Crippen LogP contribution in [0.3, 0.4) is 0 Å². The average Bonchev–Trinajstić information content (AvgIpc) is 1.87. The van der Waals surface area contributed by atoms with Crippen LogP contribution in [0.4, 0.5) is 0 Å². The number of carbonyl (C=O) groups excluding carboxylic acids is 1. The molecular formula is C10H24O3. The van der Waals surface area contributed by atoms with Gasteiger partial charge in [0.2, 0.25) is 0 Å². The largest absolute Gasteiger partial charge is 0.400 e. The maximum Gasteiger partial charge on any atom is 0.126 e. The fourth-order valence-electron chi connectivity index (χ4n) is 0.544. The molecule has 0 bridgehead atoms. The quantitative estimate of drug-likeness (QED) is 0.728. The van der Waals surface area contributed by atoms with Gasteiger partial charge in [0.15, 0.2) is 0 Å². The molecule has 0 aromatic carbocycles. The van der Waals surface area contributed by atoms with Gasteiger partial charge >= 0.3 is 0 Å². The van der Waals surface area contributed by atoms with Crippen molar-refractivity contribution in [3.63, 3.8) is 0 Å². The van der Waals surface area contributed by atoms with Gasteiger partial charge in [-0.2, -0.15) is 0 Å². The molecule has 0 fully saturated rings. The van der Waals surface area contributed by atoms with Crippen molar-refractivity contribution in [2.45, 2.75) is 53.8 Å². The first-order chi connectivity index (χ1) is 5.86. The summed E-state index contributed by atoms with van der Waals surface area (Å²) in [5, 5.41) is 7.00. The Morgan fingerprint density at radius 1 is 1.00 bits per heavy atom. The minimum Gasteiger partial charge on any atom is -0.400 e. The first-order valence-corrected chi connectivity index (χ1v) is 4.43. The third kappa shape index (κ3) is 82.7. The maximum absolute atomic E-state index is 9.44. The normalized spacial score (nSPS) is 8.46. The van der Waals surface area contributed by atoms with Crippen LogP contribution in [0, 0.1) is 0 Å². The second-order valence-corrected chi connectivity index (χ2v) is 3.14. The van der Waals surface area contributed by atoms with Crippen LogP contribution in [-0.2, 0) is 9.53 Å². The lowest BCUT2D eigenvalue weighted by Crippen LogP contribution is -2.09. The van der Waals surface area contributed by atoms with E-state index in [0.717, 1.165) is 7.11 Å². The minimum absolute atomic E-state index is 0.167. The topological polar surface area (TPSA) is 46.5 Å². The summed E-state index contributed by atoms with van der Waals surface area (Å²) in [4.78, 5) is 9.44. The standard InChI is InChI=1S/C6H14O.C3H6O.CH4O/c1-5(2)7-6(3)4;1-3(2)4;1-2/h5-6H,1-4H3;1-2H3;2H,1H3. The third-order valence-electron chi connectivity index (χ3n) is 0.544.